The molecule has 0 amide bonds. The van der Waals surface area contributed by atoms with Gasteiger partial charge in [0.25, 0.3) is 0 Å². The zero-order valence-electron chi connectivity index (χ0n) is 9.52. The van der Waals surface area contributed by atoms with Gasteiger partial charge in [0.1, 0.15) is 0 Å². The summed E-state index contributed by atoms with van der Waals surface area (Å²) in [5.41, 5.74) is 8.72. The largest absolute Gasteiger partial charge is 0.397 e. The highest BCUT2D eigenvalue weighted by atomic mass is 32.2. The molecule has 1 aliphatic rings. The zero-order chi connectivity index (χ0) is 11.7. The maximum Gasteiger partial charge on any atom is 0.0951 e. The quantitative estimate of drug-likeness (QED) is 0.799. The number of nitrogens with two attached hydrogens (primary N) is 1. The van der Waals surface area contributed by atoms with Crippen molar-refractivity contribution in [2.75, 3.05) is 22.6 Å². The van der Waals surface area contributed by atoms with E-state index in [4.69, 9.17) is 5.73 Å². The third-order valence-corrected chi connectivity index (χ3v) is 4.25. The van der Waals surface area contributed by atoms with Crippen molar-refractivity contribution in [1.82, 2.24) is 4.98 Å². The lowest BCUT2D eigenvalue weighted by molar-refractivity contribution is 0.814. The molecule has 1 fully saturated rings. The fourth-order valence-corrected chi connectivity index (χ4v) is 3.34. The van der Waals surface area contributed by atoms with Crippen LogP contribution in [0.25, 0.3) is 10.9 Å². The third-order valence-electron chi connectivity index (χ3n) is 3.09. The molecule has 0 bridgehead atoms. The van der Waals surface area contributed by atoms with E-state index < -0.39 is 0 Å². The lowest BCUT2D eigenvalue weighted by Gasteiger charge is -2.15. The summed E-state index contributed by atoms with van der Waals surface area (Å²) in [4.78, 5) is 4.35. The fourth-order valence-electron chi connectivity index (χ4n) is 2.19. The van der Waals surface area contributed by atoms with Gasteiger partial charge in [-0.2, -0.15) is 11.8 Å². The predicted octanol–water partition coefficient (Wildman–Crippen LogP) is 2.73. The van der Waals surface area contributed by atoms with Crippen LogP contribution in [0.2, 0.25) is 0 Å². The van der Waals surface area contributed by atoms with E-state index in [9.17, 15) is 0 Å². The molecule has 0 saturated carbocycles. The molecule has 3 rings (SSSR count). The number of hydrogen-bond acceptors (Lipinski definition) is 4. The Hall–Kier alpha value is -1.42. The van der Waals surface area contributed by atoms with Crippen molar-refractivity contribution in [3.63, 3.8) is 0 Å². The van der Waals surface area contributed by atoms with Crippen molar-refractivity contribution in [3.8, 4) is 0 Å². The van der Waals surface area contributed by atoms with Crippen LogP contribution < -0.4 is 11.1 Å². The van der Waals surface area contributed by atoms with E-state index in [1.54, 1.807) is 6.20 Å². The molecule has 1 aromatic heterocycles. The number of rotatable bonds is 2. The molecule has 0 spiro atoms. The Morgan fingerprint density at radius 1 is 1.35 bits per heavy atom. The smallest absolute Gasteiger partial charge is 0.0951 e. The molecule has 3 nitrogen and oxygen atoms in total. The molecule has 1 aliphatic heterocycles. The molecule has 2 aromatic rings. The van der Waals surface area contributed by atoms with Gasteiger partial charge in [-0.25, -0.2) is 0 Å². The first-order valence-electron chi connectivity index (χ1n) is 5.82. The first kappa shape index (κ1) is 10.7. The average Bonchev–Trinajstić information content (AvgIpc) is 2.86. The minimum atomic E-state index is 0.576. The van der Waals surface area contributed by atoms with Crippen LogP contribution in [-0.4, -0.2) is 22.5 Å². The second-order valence-electron chi connectivity index (χ2n) is 4.31. The normalized spacial score (nSPS) is 19.6. The summed E-state index contributed by atoms with van der Waals surface area (Å²) in [5.74, 6) is 2.44. The lowest BCUT2D eigenvalue weighted by atomic mass is 10.1. The Bertz CT molecular complexity index is 535. The van der Waals surface area contributed by atoms with E-state index in [0.717, 1.165) is 22.3 Å². The van der Waals surface area contributed by atoms with Gasteiger partial charge < -0.3 is 11.1 Å². The van der Waals surface area contributed by atoms with Gasteiger partial charge in [0.15, 0.2) is 0 Å². The molecule has 1 atom stereocenters. The fraction of sp³-hybridized carbons (Fsp3) is 0.308. The van der Waals surface area contributed by atoms with Gasteiger partial charge in [0.05, 0.1) is 11.2 Å². The number of anilines is 2. The Morgan fingerprint density at radius 3 is 3.12 bits per heavy atom. The molecule has 88 valence electrons. The van der Waals surface area contributed by atoms with Crippen LogP contribution >= 0.6 is 11.8 Å². The Labute approximate surface area is 105 Å². The van der Waals surface area contributed by atoms with Crippen molar-refractivity contribution in [3.05, 3.63) is 30.5 Å². The van der Waals surface area contributed by atoms with E-state index in [1.807, 2.05) is 23.9 Å². The molecular weight excluding hydrogens is 230 g/mol. The number of nitrogens with zero attached hydrogens (tertiary/aromatic N) is 1. The van der Waals surface area contributed by atoms with Gasteiger partial charge in [0.2, 0.25) is 0 Å². The van der Waals surface area contributed by atoms with Crippen molar-refractivity contribution >= 4 is 34.0 Å². The number of nitrogens with one attached hydrogen (secondary N) is 1. The number of benzene rings is 1. The van der Waals surface area contributed by atoms with Gasteiger partial charge in [-0.1, -0.05) is 0 Å². The number of nitrogen functional groups attached to an aromatic ring is 1. The number of fused-ring (bicyclic) bond motifs is 1. The molecular formula is C13H15N3S. The van der Waals surface area contributed by atoms with Crippen LogP contribution in [0.15, 0.2) is 30.5 Å². The molecule has 0 aliphatic carbocycles. The van der Waals surface area contributed by atoms with Gasteiger partial charge in [-0.05, 0) is 36.4 Å². The predicted molar refractivity (Wildman–Crippen MR) is 75.5 cm³/mol. The Morgan fingerprint density at radius 2 is 2.29 bits per heavy atom. The van der Waals surface area contributed by atoms with Crippen molar-refractivity contribution in [2.24, 2.45) is 0 Å². The molecule has 0 radical (unpaired) electrons. The minimum Gasteiger partial charge on any atom is -0.397 e. The van der Waals surface area contributed by atoms with Crippen molar-refractivity contribution in [1.29, 1.82) is 0 Å². The molecule has 17 heavy (non-hydrogen) atoms. The minimum absolute atomic E-state index is 0.576. The number of hydrogen-bond donors (Lipinski definition) is 2. The van der Waals surface area contributed by atoms with Crippen LogP contribution in [0.1, 0.15) is 6.42 Å². The Kier molecular flexibility index (Phi) is 2.81. The van der Waals surface area contributed by atoms with E-state index in [1.165, 1.54) is 17.9 Å². The van der Waals surface area contributed by atoms with E-state index in [-0.39, 0.29) is 0 Å². The highest BCUT2D eigenvalue weighted by molar-refractivity contribution is 7.99. The average molecular weight is 245 g/mol. The summed E-state index contributed by atoms with van der Waals surface area (Å²) in [5, 5.41) is 4.71. The number of aromatic nitrogens is 1. The number of pyridine rings is 1. The third kappa shape index (κ3) is 2.05. The van der Waals surface area contributed by atoms with Gasteiger partial charge in [-0.3, -0.25) is 4.98 Å². The van der Waals surface area contributed by atoms with Crippen LogP contribution in [0, 0.1) is 0 Å². The standard InChI is InChI=1S/C13H15N3S/c14-11-3-4-12(16-9-5-7-17-8-9)10-2-1-6-15-13(10)11/h1-4,6,9,16H,5,7-8,14H2. The summed E-state index contributed by atoms with van der Waals surface area (Å²) >= 11 is 2.01. The highest BCUT2D eigenvalue weighted by Crippen LogP contribution is 2.29. The molecule has 2 heterocycles. The number of thioether (sulfide) groups is 1. The first-order valence-corrected chi connectivity index (χ1v) is 6.97. The molecule has 1 aromatic carbocycles. The summed E-state index contributed by atoms with van der Waals surface area (Å²) in [6.07, 6.45) is 3.02. The van der Waals surface area contributed by atoms with Gasteiger partial charge in [0, 0.05) is 29.1 Å². The van der Waals surface area contributed by atoms with Crippen molar-refractivity contribution < 1.29 is 0 Å². The Balaban J connectivity index is 2.01. The SMILES string of the molecule is Nc1ccc(NC2CCSC2)c2cccnc12. The monoisotopic (exact) mass is 245 g/mol. The molecule has 1 saturated heterocycles. The summed E-state index contributed by atoms with van der Waals surface area (Å²) in [6, 6.07) is 8.59. The summed E-state index contributed by atoms with van der Waals surface area (Å²) in [7, 11) is 0. The topological polar surface area (TPSA) is 50.9 Å². The highest BCUT2D eigenvalue weighted by Gasteiger charge is 2.16. The van der Waals surface area contributed by atoms with Gasteiger partial charge in [-0.15, -0.1) is 0 Å². The molecule has 3 N–H and O–H groups in total. The molecule has 1 unspecified atom stereocenters. The summed E-state index contributed by atoms with van der Waals surface area (Å²) in [6.45, 7) is 0. The summed E-state index contributed by atoms with van der Waals surface area (Å²) < 4.78 is 0. The second-order valence-corrected chi connectivity index (χ2v) is 5.46. The zero-order valence-corrected chi connectivity index (χ0v) is 10.3. The van der Waals surface area contributed by atoms with Crippen LogP contribution in [-0.2, 0) is 0 Å². The van der Waals surface area contributed by atoms with Crippen LogP contribution in [0.5, 0.6) is 0 Å². The van der Waals surface area contributed by atoms with E-state index >= 15 is 0 Å². The van der Waals surface area contributed by atoms with Crippen LogP contribution in [0.4, 0.5) is 11.4 Å². The maximum atomic E-state index is 5.94. The van der Waals surface area contributed by atoms with E-state index in [0.29, 0.717) is 6.04 Å². The lowest BCUT2D eigenvalue weighted by Crippen LogP contribution is -2.18. The van der Waals surface area contributed by atoms with E-state index in [2.05, 4.69) is 22.4 Å². The van der Waals surface area contributed by atoms with Gasteiger partial charge >= 0.3 is 0 Å². The molecule has 4 heteroatoms. The van der Waals surface area contributed by atoms with Crippen molar-refractivity contribution in [2.45, 2.75) is 12.5 Å². The maximum absolute atomic E-state index is 5.94. The second kappa shape index (κ2) is 4.45. The first-order chi connectivity index (χ1) is 8.34. The van der Waals surface area contributed by atoms with Crippen LogP contribution in [0.3, 0.4) is 0 Å².